The van der Waals surface area contributed by atoms with Crippen LogP contribution in [0.2, 0.25) is 5.02 Å². The van der Waals surface area contributed by atoms with Crippen molar-refractivity contribution in [1.82, 2.24) is 25.0 Å². The van der Waals surface area contributed by atoms with E-state index in [1.807, 2.05) is 7.05 Å². The highest BCUT2D eigenvalue weighted by atomic mass is 35.5. The summed E-state index contributed by atoms with van der Waals surface area (Å²) in [5.41, 5.74) is 0.587. The highest BCUT2D eigenvalue weighted by molar-refractivity contribution is 7.89. The zero-order valence-corrected chi connectivity index (χ0v) is 23.0. The monoisotopic (exact) mass is 571 g/mol. The average Bonchev–Trinajstić information content (AvgIpc) is 3.58. The molecule has 2 saturated heterocycles. The summed E-state index contributed by atoms with van der Waals surface area (Å²) in [6.07, 6.45) is 1.80. The smallest absolute Gasteiger partial charge is 0.273 e. The molecule has 2 fully saturated rings. The zero-order chi connectivity index (χ0) is 27.6. The molecule has 2 amide bonds. The van der Waals surface area contributed by atoms with Crippen LogP contribution in [-0.2, 0) is 14.8 Å². The molecule has 12 heteroatoms. The standard InChI is InChI=1S/C27H30ClN5O5S/c1-32-13-7-8-18(15-32)29-26(34)21-16-33(39(36,37)19-9-3-2-4-10-19)17-24(21)30-27(35)23-14-25(38-31-23)20-11-5-6-12-22(20)28/h2-6,9-12,14,18,21,24H,7-8,13,15-17H2,1H3,(H,29,34)(H,30,35)/t18-,21-,24-/m0/s1. The molecule has 5 rings (SSSR count). The Balaban J connectivity index is 1.36. The Kier molecular flexibility index (Phi) is 8.03. The summed E-state index contributed by atoms with van der Waals surface area (Å²) >= 11 is 6.24. The molecule has 0 saturated carbocycles. The second kappa shape index (κ2) is 11.5. The van der Waals surface area contributed by atoms with Gasteiger partial charge in [-0.3, -0.25) is 9.59 Å². The maximum atomic E-state index is 13.4. The summed E-state index contributed by atoms with van der Waals surface area (Å²) in [6, 6.07) is 15.7. The highest BCUT2D eigenvalue weighted by Crippen LogP contribution is 2.29. The Morgan fingerprint density at radius 1 is 1.03 bits per heavy atom. The van der Waals surface area contributed by atoms with Crippen LogP contribution in [-0.4, -0.2) is 79.9 Å². The van der Waals surface area contributed by atoms with E-state index in [0.717, 1.165) is 19.4 Å². The van der Waals surface area contributed by atoms with Crippen molar-refractivity contribution < 1.29 is 22.5 Å². The van der Waals surface area contributed by atoms with E-state index in [-0.39, 0.29) is 35.6 Å². The number of benzene rings is 2. The van der Waals surface area contributed by atoms with Gasteiger partial charge in [0.1, 0.15) is 0 Å². The van der Waals surface area contributed by atoms with E-state index in [9.17, 15) is 18.0 Å². The molecule has 0 unspecified atom stereocenters. The number of nitrogens with one attached hydrogen (secondary N) is 2. The number of hydrogen-bond donors (Lipinski definition) is 2. The fourth-order valence-electron chi connectivity index (χ4n) is 5.12. The zero-order valence-electron chi connectivity index (χ0n) is 21.4. The number of amides is 2. The molecule has 10 nitrogen and oxygen atoms in total. The number of likely N-dealkylation sites (N-methyl/N-ethyl adjacent to an activating group) is 1. The summed E-state index contributed by atoms with van der Waals surface area (Å²) in [7, 11) is -1.87. The first-order chi connectivity index (χ1) is 18.7. The third-order valence-corrected chi connectivity index (χ3v) is 9.35. The van der Waals surface area contributed by atoms with Crippen molar-refractivity contribution in [3.63, 3.8) is 0 Å². The molecule has 39 heavy (non-hydrogen) atoms. The minimum Gasteiger partial charge on any atom is -0.355 e. The van der Waals surface area contributed by atoms with Crippen LogP contribution < -0.4 is 10.6 Å². The Bertz CT molecular complexity index is 1450. The van der Waals surface area contributed by atoms with Crippen molar-refractivity contribution >= 4 is 33.4 Å². The first kappa shape index (κ1) is 27.3. The summed E-state index contributed by atoms with van der Waals surface area (Å²) in [6.45, 7) is 1.57. The Hall–Kier alpha value is -3.25. The quantitative estimate of drug-likeness (QED) is 0.446. The average molecular weight is 572 g/mol. The fraction of sp³-hybridized carbons (Fsp3) is 0.370. The van der Waals surface area contributed by atoms with Crippen LogP contribution in [0.1, 0.15) is 23.3 Å². The minimum absolute atomic E-state index is 0.00218. The van der Waals surface area contributed by atoms with Gasteiger partial charge in [0.15, 0.2) is 11.5 Å². The van der Waals surface area contributed by atoms with Gasteiger partial charge in [0.2, 0.25) is 15.9 Å². The van der Waals surface area contributed by atoms with Gasteiger partial charge < -0.3 is 20.1 Å². The van der Waals surface area contributed by atoms with Crippen molar-refractivity contribution in [2.75, 3.05) is 33.2 Å². The van der Waals surface area contributed by atoms with Crippen LogP contribution in [0.15, 0.2) is 70.1 Å². The molecule has 0 radical (unpaired) electrons. The number of halogens is 1. The maximum absolute atomic E-state index is 13.4. The second-order valence-electron chi connectivity index (χ2n) is 9.99. The van der Waals surface area contributed by atoms with Crippen molar-refractivity contribution in [2.45, 2.75) is 29.8 Å². The summed E-state index contributed by atoms with van der Waals surface area (Å²) in [4.78, 5) is 28.9. The van der Waals surface area contributed by atoms with E-state index < -0.39 is 27.9 Å². The first-order valence-electron chi connectivity index (χ1n) is 12.8. The summed E-state index contributed by atoms with van der Waals surface area (Å²) < 4.78 is 33.3. The van der Waals surface area contributed by atoms with Crippen molar-refractivity contribution in [3.05, 3.63) is 71.4 Å². The van der Waals surface area contributed by atoms with Gasteiger partial charge in [-0.15, -0.1) is 0 Å². The van der Waals surface area contributed by atoms with E-state index >= 15 is 0 Å². The molecule has 2 aliphatic rings. The van der Waals surface area contributed by atoms with Gasteiger partial charge in [0, 0.05) is 37.3 Å². The first-order valence-corrected chi connectivity index (χ1v) is 14.6. The van der Waals surface area contributed by atoms with E-state index in [1.54, 1.807) is 42.5 Å². The van der Waals surface area contributed by atoms with Crippen LogP contribution in [0, 0.1) is 5.92 Å². The fourth-order valence-corrected chi connectivity index (χ4v) is 6.86. The maximum Gasteiger partial charge on any atom is 0.273 e. The number of carbonyl (C=O) groups is 2. The molecule has 0 spiro atoms. The number of sulfonamides is 1. The lowest BCUT2D eigenvalue weighted by Gasteiger charge is -2.31. The molecule has 2 aromatic carbocycles. The number of rotatable bonds is 7. The van der Waals surface area contributed by atoms with Crippen LogP contribution >= 0.6 is 11.6 Å². The van der Waals surface area contributed by atoms with E-state index in [2.05, 4.69) is 20.7 Å². The van der Waals surface area contributed by atoms with Gasteiger partial charge in [0.05, 0.1) is 21.9 Å². The van der Waals surface area contributed by atoms with Gasteiger partial charge in [-0.1, -0.05) is 47.1 Å². The Morgan fingerprint density at radius 2 is 1.77 bits per heavy atom. The predicted octanol–water partition coefficient (Wildman–Crippen LogP) is 2.62. The number of piperidine rings is 1. The number of aromatic nitrogens is 1. The third-order valence-electron chi connectivity index (χ3n) is 7.17. The summed E-state index contributed by atoms with van der Waals surface area (Å²) in [5.74, 6) is -1.32. The van der Waals surface area contributed by atoms with Crippen LogP contribution in [0.25, 0.3) is 11.3 Å². The molecule has 3 atom stereocenters. The molecule has 2 aliphatic heterocycles. The lowest BCUT2D eigenvalue weighted by Crippen LogP contribution is -2.52. The van der Waals surface area contributed by atoms with E-state index in [4.69, 9.17) is 16.1 Å². The predicted molar refractivity (Wildman–Crippen MR) is 146 cm³/mol. The molecular weight excluding hydrogens is 542 g/mol. The lowest BCUT2D eigenvalue weighted by atomic mass is 10.00. The second-order valence-corrected chi connectivity index (χ2v) is 12.3. The molecule has 3 heterocycles. The summed E-state index contributed by atoms with van der Waals surface area (Å²) in [5, 5.41) is 10.2. The molecule has 206 valence electrons. The minimum atomic E-state index is -3.87. The van der Waals surface area contributed by atoms with Crippen LogP contribution in [0.3, 0.4) is 0 Å². The lowest BCUT2D eigenvalue weighted by molar-refractivity contribution is -0.126. The molecule has 0 bridgehead atoms. The molecule has 2 N–H and O–H groups in total. The van der Waals surface area contributed by atoms with Gasteiger partial charge in [-0.25, -0.2) is 8.42 Å². The van der Waals surface area contributed by atoms with Crippen LogP contribution in [0.4, 0.5) is 0 Å². The van der Waals surface area contributed by atoms with Crippen molar-refractivity contribution in [2.24, 2.45) is 5.92 Å². The highest BCUT2D eigenvalue weighted by Gasteiger charge is 2.44. The van der Waals surface area contributed by atoms with E-state index in [1.165, 1.54) is 22.5 Å². The molecule has 1 aromatic heterocycles. The van der Waals surface area contributed by atoms with Gasteiger partial charge in [-0.05, 0) is 50.7 Å². The SMILES string of the molecule is CN1CCC[C@H](NC(=O)[C@H]2CN(S(=O)(=O)c3ccccc3)C[C@@H]2NC(=O)c2cc(-c3ccccc3Cl)on2)C1. The third kappa shape index (κ3) is 6.01. The van der Waals surface area contributed by atoms with Crippen molar-refractivity contribution in [3.8, 4) is 11.3 Å². The topological polar surface area (TPSA) is 125 Å². The largest absolute Gasteiger partial charge is 0.355 e. The van der Waals surface area contributed by atoms with Gasteiger partial charge in [0.25, 0.3) is 5.91 Å². The van der Waals surface area contributed by atoms with E-state index in [0.29, 0.717) is 22.9 Å². The normalized spacial score (nSPS) is 22.5. The number of carbonyl (C=O) groups excluding carboxylic acids is 2. The number of likely N-dealkylation sites (tertiary alicyclic amines) is 1. The Labute approximate surface area is 232 Å². The molecule has 0 aliphatic carbocycles. The van der Waals surface area contributed by atoms with Crippen LogP contribution in [0.5, 0.6) is 0 Å². The molecular formula is C27H30ClN5O5S. The number of hydrogen-bond acceptors (Lipinski definition) is 7. The molecule has 3 aromatic rings. The van der Waals surface area contributed by atoms with Gasteiger partial charge in [-0.2, -0.15) is 4.31 Å². The number of nitrogens with zero attached hydrogens (tertiary/aromatic N) is 3. The van der Waals surface area contributed by atoms with Gasteiger partial charge >= 0.3 is 0 Å². The van der Waals surface area contributed by atoms with Crippen molar-refractivity contribution in [1.29, 1.82) is 0 Å². The Morgan fingerprint density at radius 3 is 2.51 bits per heavy atom.